The summed E-state index contributed by atoms with van der Waals surface area (Å²) < 4.78 is 10.7. The van der Waals surface area contributed by atoms with Crippen molar-refractivity contribution in [1.82, 2.24) is 9.80 Å². The van der Waals surface area contributed by atoms with Crippen molar-refractivity contribution in [3.8, 4) is 11.5 Å². The van der Waals surface area contributed by atoms with E-state index in [-0.39, 0.29) is 17.7 Å². The molecule has 1 aromatic rings. The first-order valence-corrected chi connectivity index (χ1v) is 8.37. The third kappa shape index (κ3) is 2.92. The highest BCUT2D eigenvalue weighted by Gasteiger charge is 2.36. The second kappa shape index (κ2) is 6.71. The van der Waals surface area contributed by atoms with Crippen molar-refractivity contribution in [1.29, 1.82) is 0 Å². The lowest BCUT2D eigenvalue weighted by Crippen LogP contribution is -2.40. The Balaban J connectivity index is 1.75. The van der Waals surface area contributed by atoms with Gasteiger partial charge in [0.15, 0.2) is 11.5 Å². The minimum atomic E-state index is -0.209. The summed E-state index contributed by atoms with van der Waals surface area (Å²) in [5.41, 5.74) is 2.28. The lowest BCUT2D eigenvalue weighted by Gasteiger charge is -2.31. The van der Waals surface area contributed by atoms with E-state index in [1.807, 2.05) is 24.0 Å². The van der Waals surface area contributed by atoms with Crippen LogP contribution in [0.5, 0.6) is 11.5 Å². The van der Waals surface area contributed by atoms with E-state index in [2.05, 4.69) is 0 Å². The highest BCUT2D eigenvalue weighted by atomic mass is 16.5. The molecule has 0 aromatic heterocycles. The first-order chi connectivity index (χ1) is 11.6. The maximum atomic E-state index is 12.8. The summed E-state index contributed by atoms with van der Waals surface area (Å²) >= 11 is 0. The van der Waals surface area contributed by atoms with E-state index in [1.54, 1.807) is 19.1 Å². The van der Waals surface area contributed by atoms with Crippen molar-refractivity contribution < 1.29 is 19.1 Å². The normalized spacial score (nSPS) is 20.1. The fraction of sp³-hybridized carbons (Fsp3) is 0.556. The lowest BCUT2D eigenvalue weighted by atomic mass is 9.97. The van der Waals surface area contributed by atoms with Gasteiger partial charge in [0.2, 0.25) is 11.8 Å². The molecule has 3 rings (SSSR count). The van der Waals surface area contributed by atoms with Gasteiger partial charge in [0.1, 0.15) is 0 Å². The molecular formula is C18H24N2O4. The third-order valence-electron chi connectivity index (χ3n) is 4.98. The molecule has 0 aliphatic carbocycles. The fourth-order valence-corrected chi connectivity index (χ4v) is 3.57. The van der Waals surface area contributed by atoms with Crippen molar-refractivity contribution in [2.45, 2.75) is 26.3 Å². The summed E-state index contributed by atoms with van der Waals surface area (Å²) in [6.07, 6.45) is 1.13. The highest BCUT2D eigenvalue weighted by Crippen LogP contribution is 2.34. The molecule has 0 radical (unpaired) electrons. The number of hydrogen-bond acceptors (Lipinski definition) is 4. The molecule has 24 heavy (non-hydrogen) atoms. The maximum Gasteiger partial charge on any atom is 0.228 e. The van der Waals surface area contributed by atoms with Gasteiger partial charge in [0.05, 0.1) is 20.1 Å². The van der Waals surface area contributed by atoms with Crippen LogP contribution in [0, 0.1) is 5.92 Å². The number of nitrogens with zero attached hydrogens (tertiary/aromatic N) is 2. The molecule has 0 saturated carbocycles. The Hall–Kier alpha value is -2.24. The van der Waals surface area contributed by atoms with Crippen LogP contribution in [0.4, 0.5) is 0 Å². The second-order valence-electron chi connectivity index (χ2n) is 6.32. The molecule has 2 heterocycles. The quantitative estimate of drug-likeness (QED) is 0.837. The van der Waals surface area contributed by atoms with Gasteiger partial charge in [-0.3, -0.25) is 9.59 Å². The first kappa shape index (κ1) is 16.6. The molecule has 1 fully saturated rings. The molecule has 2 aliphatic heterocycles. The zero-order valence-corrected chi connectivity index (χ0v) is 14.5. The van der Waals surface area contributed by atoms with Crippen LogP contribution in [-0.4, -0.2) is 55.5 Å². The average Bonchev–Trinajstić information content (AvgIpc) is 3.00. The Kier molecular flexibility index (Phi) is 4.64. The highest BCUT2D eigenvalue weighted by molar-refractivity contribution is 5.89. The summed E-state index contributed by atoms with van der Waals surface area (Å²) in [4.78, 5) is 28.3. The summed E-state index contributed by atoms with van der Waals surface area (Å²) in [5.74, 6) is 1.35. The summed E-state index contributed by atoms with van der Waals surface area (Å²) in [7, 11) is 3.24. The smallest absolute Gasteiger partial charge is 0.228 e. The molecule has 1 unspecified atom stereocenters. The number of ether oxygens (including phenoxy) is 2. The van der Waals surface area contributed by atoms with Crippen LogP contribution in [0.15, 0.2) is 12.1 Å². The number of amides is 2. The zero-order valence-electron chi connectivity index (χ0n) is 14.5. The van der Waals surface area contributed by atoms with Gasteiger partial charge in [-0.2, -0.15) is 0 Å². The fourth-order valence-electron chi connectivity index (χ4n) is 3.57. The molecule has 1 atom stereocenters. The van der Waals surface area contributed by atoms with Crippen molar-refractivity contribution in [2.24, 2.45) is 5.92 Å². The van der Waals surface area contributed by atoms with Gasteiger partial charge in [-0.1, -0.05) is 0 Å². The Morgan fingerprint density at radius 3 is 2.46 bits per heavy atom. The number of hydrogen-bond donors (Lipinski definition) is 0. The van der Waals surface area contributed by atoms with Crippen molar-refractivity contribution in [3.05, 3.63) is 23.3 Å². The predicted octanol–water partition coefficient (Wildman–Crippen LogP) is 1.46. The van der Waals surface area contributed by atoms with Gasteiger partial charge in [0, 0.05) is 32.6 Å². The van der Waals surface area contributed by atoms with Gasteiger partial charge >= 0.3 is 0 Å². The zero-order chi connectivity index (χ0) is 17.3. The van der Waals surface area contributed by atoms with Gasteiger partial charge < -0.3 is 19.3 Å². The van der Waals surface area contributed by atoms with E-state index < -0.39 is 0 Å². The molecule has 2 amide bonds. The molecule has 0 spiro atoms. The SMILES string of the molecule is CCN1CC(C(=O)N2CCc3cc(OC)c(OC)cc3C2)CC1=O. The van der Waals surface area contributed by atoms with E-state index in [0.29, 0.717) is 38.3 Å². The molecular weight excluding hydrogens is 308 g/mol. The van der Waals surface area contributed by atoms with Crippen molar-refractivity contribution >= 4 is 11.8 Å². The van der Waals surface area contributed by atoms with E-state index in [0.717, 1.165) is 17.7 Å². The molecule has 6 heteroatoms. The van der Waals surface area contributed by atoms with E-state index >= 15 is 0 Å². The Morgan fingerprint density at radius 2 is 1.88 bits per heavy atom. The monoisotopic (exact) mass is 332 g/mol. The van der Waals surface area contributed by atoms with Crippen LogP contribution in [0.2, 0.25) is 0 Å². The molecule has 0 N–H and O–H groups in total. The minimum absolute atomic E-state index is 0.0830. The van der Waals surface area contributed by atoms with Crippen molar-refractivity contribution in [2.75, 3.05) is 33.9 Å². The Bertz CT molecular complexity index is 659. The van der Waals surface area contributed by atoms with Crippen LogP contribution >= 0.6 is 0 Å². The summed E-state index contributed by atoms with van der Waals surface area (Å²) in [6.45, 7) is 4.40. The number of carbonyl (C=O) groups excluding carboxylic acids is 2. The summed E-state index contributed by atoms with van der Waals surface area (Å²) in [5, 5.41) is 0. The molecule has 0 bridgehead atoms. The van der Waals surface area contributed by atoms with Crippen LogP contribution in [0.3, 0.4) is 0 Å². The molecule has 1 saturated heterocycles. The van der Waals surface area contributed by atoms with Crippen LogP contribution in [0.25, 0.3) is 0 Å². The third-order valence-corrected chi connectivity index (χ3v) is 4.98. The second-order valence-corrected chi connectivity index (χ2v) is 6.32. The van der Waals surface area contributed by atoms with Crippen molar-refractivity contribution in [3.63, 3.8) is 0 Å². The van der Waals surface area contributed by atoms with Gasteiger partial charge in [0.25, 0.3) is 0 Å². The molecule has 6 nitrogen and oxygen atoms in total. The number of benzene rings is 1. The average molecular weight is 332 g/mol. The first-order valence-electron chi connectivity index (χ1n) is 8.37. The van der Waals surface area contributed by atoms with Crippen LogP contribution < -0.4 is 9.47 Å². The van der Waals surface area contributed by atoms with E-state index in [4.69, 9.17) is 9.47 Å². The van der Waals surface area contributed by atoms with E-state index in [1.165, 1.54) is 5.56 Å². The maximum absolute atomic E-state index is 12.8. The van der Waals surface area contributed by atoms with Crippen LogP contribution in [-0.2, 0) is 22.6 Å². The molecule has 130 valence electrons. The number of carbonyl (C=O) groups is 2. The van der Waals surface area contributed by atoms with Gasteiger partial charge in [-0.15, -0.1) is 0 Å². The lowest BCUT2D eigenvalue weighted by molar-refractivity contribution is -0.136. The largest absolute Gasteiger partial charge is 0.493 e. The standard InChI is InChI=1S/C18H24N2O4/c1-4-19-11-14(9-17(19)21)18(22)20-6-5-12-7-15(23-2)16(24-3)8-13(12)10-20/h7-8,14H,4-6,9-11H2,1-3H3. The van der Waals surface area contributed by atoms with Gasteiger partial charge in [-0.25, -0.2) is 0 Å². The summed E-state index contributed by atoms with van der Waals surface area (Å²) in [6, 6.07) is 3.94. The van der Waals surface area contributed by atoms with E-state index in [9.17, 15) is 9.59 Å². The Labute approximate surface area is 142 Å². The van der Waals surface area contributed by atoms with Gasteiger partial charge in [-0.05, 0) is 36.6 Å². The molecule has 2 aliphatic rings. The number of likely N-dealkylation sites (tertiary alicyclic amines) is 1. The topological polar surface area (TPSA) is 59.1 Å². The number of methoxy groups -OCH3 is 2. The molecule has 1 aromatic carbocycles. The Morgan fingerprint density at radius 1 is 1.21 bits per heavy atom. The number of rotatable bonds is 4. The number of fused-ring (bicyclic) bond motifs is 1. The minimum Gasteiger partial charge on any atom is -0.493 e. The predicted molar refractivity (Wildman–Crippen MR) is 89.0 cm³/mol. The van der Waals surface area contributed by atoms with Crippen LogP contribution in [0.1, 0.15) is 24.5 Å².